The fourth-order valence-corrected chi connectivity index (χ4v) is 4.15. The molecule has 1 saturated carbocycles. The number of carbonyl (C=O) groups is 2. The number of hydrogen-bond donors (Lipinski definition) is 1. The van der Waals surface area contributed by atoms with Crippen molar-refractivity contribution in [1.29, 1.82) is 0 Å². The van der Waals surface area contributed by atoms with Crippen LogP contribution in [0.15, 0.2) is 36.4 Å². The molecule has 2 aromatic rings. The number of aliphatic hydroxyl groups is 1. The number of hydrogen-bond acceptors (Lipinski definition) is 5. The number of benzene rings is 2. The minimum Gasteiger partial charge on any atom is -0.496 e. The molecule has 0 aromatic heterocycles. The number of methoxy groups -OCH3 is 2. The summed E-state index contributed by atoms with van der Waals surface area (Å²) in [5, 5.41) is 10.6. The summed E-state index contributed by atoms with van der Waals surface area (Å²) in [5.41, 5.74) is 1.76. The lowest BCUT2D eigenvalue weighted by molar-refractivity contribution is -0.114. The van der Waals surface area contributed by atoms with Gasteiger partial charge in [0.25, 0.3) is 0 Å². The van der Waals surface area contributed by atoms with E-state index >= 15 is 0 Å². The fraction of sp³-hybridized carbons (Fsp3) is 0.391. The first-order valence-corrected chi connectivity index (χ1v) is 10.1. The summed E-state index contributed by atoms with van der Waals surface area (Å²) in [6.45, 7) is 0. The average molecular weight is 417 g/mol. The number of Topliss-reactive ketones (excluding diaryl/α,β-unsaturated/α-hetero) is 2. The van der Waals surface area contributed by atoms with Gasteiger partial charge in [-0.1, -0.05) is 42.6 Å². The van der Waals surface area contributed by atoms with E-state index in [1.807, 2.05) is 6.07 Å². The van der Waals surface area contributed by atoms with Crippen LogP contribution in [0.2, 0.25) is 5.02 Å². The number of carbonyl (C=O) groups excluding carboxylic acids is 2. The van der Waals surface area contributed by atoms with Crippen molar-refractivity contribution in [2.75, 3.05) is 14.2 Å². The Hall–Kier alpha value is -2.37. The third kappa shape index (κ3) is 4.80. The second-order valence-electron chi connectivity index (χ2n) is 7.31. The summed E-state index contributed by atoms with van der Waals surface area (Å²) in [4.78, 5) is 25.4. The molecule has 0 spiro atoms. The highest BCUT2D eigenvalue weighted by atomic mass is 35.5. The van der Waals surface area contributed by atoms with Crippen LogP contribution in [0.1, 0.15) is 53.1 Å². The molecular weight excluding hydrogens is 392 g/mol. The van der Waals surface area contributed by atoms with Crippen LogP contribution in [0.25, 0.3) is 0 Å². The van der Waals surface area contributed by atoms with Crippen LogP contribution in [0.3, 0.4) is 0 Å². The summed E-state index contributed by atoms with van der Waals surface area (Å²) in [7, 11) is 2.97. The van der Waals surface area contributed by atoms with Gasteiger partial charge in [0.2, 0.25) is 11.6 Å². The molecule has 154 valence electrons. The second-order valence-corrected chi connectivity index (χ2v) is 7.72. The smallest absolute Gasteiger partial charge is 0.228 e. The van der Waals surface area contributed by atoms with E-state index in [4.69, 9.17) is 21.1 Å². The molecule has 2 atom stereocenters. The average Bonchev–Trinajstić information content (AvgIpc) is 2.73. The van der Waals surface area contributed by atoms with Crippen molar-refractivity contribution in [1.82, 2.24) is 0 Å². The largest absolute Gasteiger partial charge is 0.496 e. The van der Waals surface area contributed by atoms with E-state index in [0.29, 0.717) is 27.6 Å². The molecule has 1 N–H and O–H groups in total. The van der Waals surface area contributed by atoms with E-state index in [0.717, 1.165) is 31.2 Å². The zero-order valence-corrected chi connectivity index (χ0v) is 17.4. The molecule has 3 rings (SSSR count). The third-order valence-corrected chi connectivity index (χ3v) is 5.76. The monoisotopic (exact) mass is 416 g/mol. The van der Waals surface area contributed by atoms with Gasteiger partial charge in [-0.3, -0.25) is 9.59 Å². The van der Waals surface area contributed by atoms with Crippen molar-refractivity contribution in [3.8, 4) is 11.5 Å². The van der Waals surface area contributed by atoms with Gasteiger partial charge in [-0.2, -0.15) is 0 Å². The van der Waals surface area contributed by atoms with Gasteiger partial charge in [-0.25, -0.2) is 0 Å². The number of ketones is 2. The number of aliphatic hydroxyl groups excluding tert-OH is 1. The number of ether oxygens (including phenoxy) is 2. The van der Waals surface area contributed by atoms with Crippen molar-refractivity contribution in [2.45, 2.75) is 44.1 Å². The summed E-state index contributed by atoms with van der Waals surface area (Å²) in [5.74, 6) is -0.236. The Morgan fingerprint density at radius 2 is 1.79 bits per heavy atom. The molecule has 0 amide bonds. The lowest BCUT2D eigenvalue weighted by Gasteiger charge is -2.28. The van der Waals surface area contributed by atoms with Crippen LogP contribution in [-0.4, -0.2) is 37.0 Å². The summed E-state index contributed by atoms with van der Waals surface area (Å²) in [6, 6.07) is 10.2. The highest BCUT2D eigenvalue weighted by Crippen LogP contribution is 2.34. The van der Waals surface area contributed by atoms with Crippen molar-refractivity contribution in [3.63, 3.8) is 0 Å². The van der Waals surface area contributed by atoms with Gasteiger partial charge in [0.05, 0.1) is 25.3 Å². The highest BCUT2D eigenvalue weighted by Gasteiger charge is 2.26. The Morgan fingerprint density at radius 3 is 2.48 bits per heavy atom. The van der Waals surface area contributed by atoms with Crippen molar-refractivity contribution >= 4 is 23.2 Å². The van der Waals surface area contributed by atoms with Gasteiger partial charge < -0.3 is 14.6 Å². The molecule has 0 bridgehead atoms. The van der Waals surface area contributed by atoms with E-state index in [1.54, 1.807) is 30.3 Å². The summed E-state index contributed by atoms with van der Waals surface area (Å²) in [6.07, 6.45) is 3.18. The first kappa shape index (κ1) is 21.3. The molecule has 6 heteroatoms. The standard InChI is InChI=1S/C23H25ClO5/c1-28-21-13-22(29-2)18(24)11-16(21)12-20(26)23(27)15-7-5-6-14(10-15)17-8-3-4-9-19(17)25/h5-7,10-11,13,17,19,25H,3-4,8-9,12H2,1-2H3/t17-,19+/m0/s1. The Labute approximate surface area is 175 Å². The minimum absolute atomic E-state index is 0.00657. The topological polar surface area (TPSA) is 72.8 Å². The zero-order valence-electron chi connectivity index (χ0n) is 16.6. The van der Waals surface area contributed by atoms with Crippen LogP contribution in [0.4, 0.5) is 0 Å². The van der Waals surface area contributed by atoms with Crippen LogP contribution in [0, 0.1) is 0 Å². The van der Waals surface area contributed by atoms with E-state index in [9.17, 15) is 14.7 Å². The van der Waals surface area contributed by atoms with E-state index in [2.05, 4.69) is 0 Å². The van der Waals surface area contributed by atoms with Gasteiger partial charge in [0.1, 0.15) is 11.5 Å². The van der Waals surface area contributed by atoms with Gasteiger partial charge in [0.15, 0.2) is 0 Å². The number of rotatable bonds is 7. The van der Waals surface area contributed by atoms with Crippen LogP contribution in [0.5, 0.6) is 11.5 Å². The predicted molar refractivity (Wildman–Crippen MR) is 111 cm³/mol. The SMILES string of the molecule is COc1cc(OC)c(CC(=O)C(=O)c2cccc([C@@H]3CCCC[C@H]3O)c2)cc1Cl. The van der Waals surface area contributed by atoms with Gasteiger partial charge in [-0.15, -0.1) is 0 Å². The lowest BCUT2D eigenvalue weighted by atomic mass is 9.81. The van der Waals surface area contributed by atoms with Gasteiger partial charge in [0, 0.05) is 29.5 Å². The normalized spacial score (nSPS) is 18.9. The zero-order chi connectivity index (χ0) is 21.0. The summed E-state index contributed by atoms with van der Waals surface area (Å²) < 4.78 is 10.5. The maximum Gasteiger partial charge on any atom is 0.228 e. The second kappa shape index (κ2) is 9.42. The van der Waals surface area contributed by atoms with Crippen LogP contribution >= 0.6 is 11.6 Å². The molecule has 1 aliphatic rings. The first-order chi connectivity index (χ1) is 13.9. The Bertz CT molecular complexity index is 908. The van der Waals surface area contributed by atoms with Crippen LogP contribution in [-0.2, 0) is 11.2 Å². The minimum atomic E-state index is -0.564. The molecule has 0 saturated heterocycles. The molecule has 5 nitrogen and oxygen atoms in total. The molecule has 0 aliphatic heterocycles. The fourth-order valence-electron chi connectivity index (χ4n) is 3.89. The number of halogens is 1. The Morgan fingerprint density at radius 1 is 1.07 bits per heavy atom. The van der Waals surface area contributed by atoms with E-state index in [1.165, 1.54) is 14.2 Å². The maximum atomic E-state index is 12.8. The molecule has 0 heterocycles. The van der Waals surface area contributed by atoms with Gasteiger partial charge in [-0.05, 0) is 30.5 Å². The lowest BCUT2D eigenvalue weighted by Crippen LogP contribution is -2.23. The predicted octanol–water partition coefficient (Wildman–Crippen LogP) is 4.37. The molecule has 1 fully saturated rings. The third-order valence-electron chi connectivity index (χ3n) is 5.47. The van der Waals surface area contributed by atoms with E-state index < -0.39 is 17.7 Å². The van der Waals surface area contributed by atoms with Gasteiger partial charge >= 0.3 is 0 Å². The molecule has 29 heavy (non-hydrogen) atoms. The molecule has 0 radical (unpaired) electrons. The molecular formula is C23H25ClO5. The Balaban J connectivity index is 1.80. The van der Waals surface area contributed by atoms with Crippen molar-refractivity contribution in [3.05, 3.63) is 58.1 Å². The quantitative estimate of drug-likeness (QED) is 0.536. The molecule has 2 aromatic carbocycles. The summed E-state index contributed by atoms with van der Waals surface area (Å²) >= 11 is 6.16. The van der Waals surface area contributed by atoms with E-state index in [-0.39, 0.29) is 12.3 Å². The first-order valence-electron chi connectivity index (χ1n) is 9.70. The van der Waals surface area contributed by atoms with Crippen LogP contribution < -0.4 is 9.47 Å². The highest BCUT2D eigenvalue weighted by molar-refractivity contribution is 6.44. The molecule has 1 aliphatic carbocycles. The Kier molecular flexibility index (Phi) is 6.93. The maximum absolute atomic E-state index is 12.8. The molecule has 0 unspecified atom stereocenters. The van der Waals surface area contributed by atoms with Crippen molar-refractivity contribution in [2.24, 2.45) is 0 Å². The van der Waals surface area contributed by atoms with Crippen molar-refractivity contribution < 1.29 is 24.2 Å².